The molecule has 1 heterocycles. The fourth-order valence-corrected chi connectivity index (χ4v) is 3.71. The number of amides is 2. The first-order valence-electron chi connectivity index (χ1n) is 7.77. The van der Waals surface area contributed by atoms with Crippen molar-refractivity contribution in [3.63, 3.8) is 0 Å². The molecule has 20 heavy (non-hydrogen) atoms. The Kier molecular flexibility index (Phi) is 5.02. The standard InChI is InChI=1S/C15H27N3O2/c1-10-6-12(8-13(16)7-10)15(20)18-5-3-4-11(9-18)14(19)17-2/h10-13H,3-9,16H2,1-2H3,(H,17,19). The van der Waals surface area contributed by atoms with Crippen LogP contribution in [0, 0.1) is 17.8 Å². The predicted molar refractivity (Wildman–Crippen MR) is 77.9 cm³/mol. The minimum Gasteiger partial charge on any atom is -0.359 e. The lowest BCUT2D eigenvalue weighted by molar-refractivity contribution is -0.140. The van der Waals surface area contributed by atoms with E-state index in [1.807, 2.05) is 4.90 Å². The molecule has 4 unspecified atom stereocenters. The van der Waals surface area contributed by atoms with Crippen molar-refractivity contribution in [2.45, 2.75) is 45.1 Å². The summed E-state index contributed by atoms with van der Waals surface area (Å²) in [4.78, 5) is 26.3. The zero-order chi connectivity index (χ0) is 14.7. The molecule has 3 N–H and O–H groups in total. The van der Waals surface area contributed by atoms with E-state index >= 15 is 0 Å². The Morgan fingerprint density at radius 2 is 1.95 bits per heavy atom. The van der Waals surface area contributed by atoms with Crippen molar-refractivity contribution in [3.8, 4) is 0 Å². The third kappa shape index (κ3) is 3.51. The number of nitrogens with two attached hydrogens (primary N) is 1. The fourth-order valence-electron chi connectivity index (χ4n) is 3.71. The highest BCUT2D eigenvalue weighted by Gasteiger charge is 2.35. The molecule has 2 aliphatic rings. The van der Waals surface area contributed by atoms with Gasteiger partial charge in [-0.1, -0.05) is 6.92 Å². The van der Waals surface area contributed by atoms with Gasteiger partial charge in [-0.2, -0.15) is 0 Å². The summed E-state index contributed by atoms with van der Waals surface area (Å²) in [5.74, 6) is 0.786. The molecule has 0 aromatic rings. The normalized spacial score (nSPS) is 34.6. The molecule has 5 nitrogen and oxygen atoms in total. The molecule has 0 spiro atoms. The lowest BCUT2D eigenvalue weighted by atomic mass is 9.79. The first-order valence-corrected chi connectivity index (χ1v) is 7.77. The topological polar surface area (TPSA) is 75.4 Å². The quantitative estimate of drug-likeness (QED) is 0.783. The number of hydrogen-bond acceptors (Lipinski definition) is 3. The molecule has 1 saturated carbocycles. The van der Waals surface area contributed by atoms with E-state index in [-0.39, 0.29) is 29.7 Å². The monoisotopic (exact) mass is 281 g/mol. The van der Waals surface area contributed by atoms with Gasteiger partial charge in [0.05, 0.1) is 5.92 Å². The molecule has 1 saturated heterocycles. The van der Waals surface area contributed by atoms with E-state index in [1.54, 1.807) is 7.05 Å². The average Bonchev–Trinajstić information content (AvgIpc) is 2.44. The minimum atomic E-state index is -0.0487. The molecule has 0 radical (unpaired) electrons. The van der Waals surface area contributed by atoms with Crippen LogP contribution in [0.5, 0.6) is 0 Å². The molecule has 1 aliphatic heterocycles. The van der Waals surface area contributed by atoms with Crippen LogP contribution >= 0.6 is 0 Å². The van der Waals surface area contributed by atoms with E-state index in [0.29, 0.717) is 12.5 Å². The van der Waals surface area contributed by atoms with E-state index in [0.717, 1.165) is 38.6 Å². The van der Waals surface area contributed by atoms with Crippen LogP contribution in [0.3, 0.4) is 0 Å². The smallest absolute Gasteiger partial charge is 0.225 e. The minimum absolute atomic E-state index is 0.0487. The van der Waals surface area contributed by atoms with Crippen LogP contribution in [0.15, 0.2) is 0 Å². The third-order valence-electron chi connectivity index (χ3n) is 4.68. The Morgan fingerprint density at radius 1 is 1.20 bits per heavy atom. The number of piperidine rings is 1. The Hall–Kier alpha value is -1.10. The Bertz CT molecular complexity index is 362. The second kappa shape index (κ2) is 6.57. The lowest BCUT2D eigenvalue weighted by Crippen LogP contribution is -2.48. The molecule has 2 rings (SSSR count). The summed E-state index contributed by atoms with van der Waals surface area (Å²) in [5, 5.41) is 2.69. The van der Waals surface area contributed by atoms with Crippen LogP contribution in [0.2, 0.25) is 0 Å². The summed E-state index contributed by atoms with van der Waals surface area (Å²) >= 11 is 0. The maximum absolute atomic E-state index is 12.6. The largest absolute Gasteiger partial charge is 0.359 e. The molecule has 0 aromatic heterocycles. The van der Waals surface area contributed by atoms with Gasteiger partial charge in [0.2, 0.25) is 11.8 Å². The first-order chi connectivity index (χ1) is 9.51. The second-order valence-electron chi connectivity index (χ2n) is 6.51. The van der Waals surface area contributed by atoms with Crippen LogP contribution in [0.1, 0.15) is 39.0 Å². The number of nitrogens with one attached hydrogen (secondary N) is 1. The molecular weight excluding hydrogens is 254 g/mol. The summed E-state index contributed by atoms with van der Waals surface area (Å²) in [5.41, 5.74) is 6.05. The molecule has 1 aliphatic carbocycles. The van der Waals surface area contributed by atoms with Gasteiger partial charge in [0.25, 0.3) is 0 Å². The number of likely N-dealkylation sites (tertiary alicyclic amines) is 1. The number of carbonyl (C=O) groups is 2. The Balaban J connectivity index is 1.96. The van der Waals surface area contributed by atoms with Gasteiger partial charge in [-0.15, -0.1) is 0 Å². The highest BCUT2D eigenvalue weighted by molar-refractivity contribution is 5.82. The van der Waals surface area contributed by atoms with Gasteiger partial charge in [-0.25, -0.2) is 0 Å². The van der Waals surface area contributed by atoms with Crippen LogP contribution in [0.25, 0.3) is 0 Å². The Labute approximate surface area is 121 Å². The highest BCUT2D eigenvalue weighted by atomic mass is 16.2. The molecule has 0 aromatic carbocycles. The van der Waals surface area contributed by atoms with Gasteiger partial charge in [0, 0.05) is 32.1 Å². The SMILES string of the molecule is CNC(=O)C1CCCN(C(=O)C2CC(C)CC(N)C2)C1. The van der Waals surface area contributed by atoms with E-state index in [9.17, 15) is 9.59 Å². The molecule has 2 amide bonds. The number of carbonyl (C=O) groups excluding carboxylic acids is 2. The van der Waals surface area contributed by atoms with Crippen molar-refractivity contribution in [2.75, 3.05) is 20.1 Å². The summed E-state index contributed by atoms with van der Waals surface area (Å²) < 4.78 is 0. The van der Waals surface area contributed by atoms with Crippen molar-refractivity contribution in [2.24, 2.45) is 23.5 Å². The van der Waals surface area contributed by atoms with E-state index in [2.05, 4.69) is 12.2 Å². The zero-order valence-corrected chi connectivity index (χ0v) is 12.6. The maximum Gasteiger partial charge on any atom is 0.225 e. The van der Waals surface area contributed by atoms with Gasteiger partial charge in [0.15, 0.2) is 0 Å². The third-order valence-corrected chi connectivity index (χ3v) is 4.68. The van der Waals surface area contributed by atoms with Gasteiger partial charge in [0.1, 0.15) is 0 Å². The lowest BCUT2D eigenvalue weighted by Gasteiger charge is -2.37. The van der Waals surface area contributed by atoms with Crippen LogP contribution in [-0.4, -0.2) is 42.9 Å². The number of nitrogens with zero attached hydrogens (tertiary/aromatic N) is 1. The van der Waals surface area contributed by atoms with Gasteiger partial charge in [-0.05, 0) is 38.0 Å². The highest BCUT2D eigenvalue weighted by Crippen LogP contribution is 2.30. The first kappa shape index (κ1) is 15.3. The van der Waals surface area contributed by atoms with Crippen LogP contribution in [0.4, 0.5) is 0 Å². The van der Waals surface area contributed by atoms with Gasteiger partial charge in [-0.3, -0.25) is 9.59 Å². The van der Waals surface area contributed by atoms with Crippen molar-refractivity contribution in [3.05, 3.63) is 0 Å². The van der Waals surface area contributed by atoms with Gasteiger partial charge < -0.3 is 16.0 Å². The molecule has 2 fully saturated rings. The number of rotatable bonds is 2. The summed E-state index contributed by atoms with van der Waals surface area (Å²) in [6, 6.07) is 0.146. The van der Waals surface area contributed by atoms with E-state index < -0.39 is 0 Å². The predicted octanol–water partition coefficient (Wildman–Crippen LogP) is 0.735. The summed E-state index contributed by atoms with van der Waals surface area (Å²) in [6.45, 7) is 3.52. The molecule has 0 bridgehead atoms. The molecular formula is C15H27N3O2. The maximum atomic E-state index is 12.6. The molecule has 114 valence electrons. The molecule has 5 heteroatoms. The number of hydrogen-bond donors (Lipinski definition) is 2. The van der Waals surface area contributed by atoms with Crippen LogP contribution < -0.4 is 11.1 Å². The van der Waals surface area contributed by atoms with E-state index in [1.165, 1.54) is 0 Å². The molecule has 4 atom stereocenters. The van der Waals surface area contributed by atoms with Crippen molar-refractivity contribution < 1.29 is 9.59 Å². The second-order valence-corrected chi connectivity index (χ2v) is 6.51. The van der Waals surface area contributed by atoms with Crippen molar-refractivity contribution in [1.29, 1.82) is 0 Å². The van der Waals surface area contributed by atoms with E-state index in [4.69, 9.17) is 5.73 Å². The van der Waals surface area contributed by atoms with Crippen molar-refractivity contribution >= 4 is 11.8 Å². The zero-order valence-electron chi connectivity index (χ0n) is 12.6. The van der Waals surface area contributed by atoms with Gasteiger partial charge >= 0.3 is 0 Å². The summed E-state index contributed by atoms with van der Waals surface area (Å²) in [7, 11) is 1.66. The summed E-state index contributed by atoms with van der Waals surface area (Å²) in [6.07, 6.45) is 4.55. The fraction of sp³-hybridized carbons (Fsp3) is 0.867. The van der Waals surface area contributed by atoms with Crippen molar-refractivity contribution in [1.82, 2.24) is 10.2 Å². The van der Waals surface area contributed by atoms with Crippen LogP contribution in [-0.2, 0) is 9.59 Å². The average molecular weight is 281 g/mol. The Morgan fingerprint density at radius 3 is 2.60 bits per heavy atom.